The molecular weight excluding hydrogens is 371 g/mol. The first kappa shape index (κ1) is 19.4. The Morgan fingerprint density at radius 2 is 1.79 bits per heavy atom. The number of hydrogen-bond donors (Lipinski definition) is 0. The molecule has 2 fully saturated rings. The van der Waals surface area contributed by atoms with Crippen molar-refractivity contribution in [2.75, 3.05) is 30.0 Å². The number of esters is 1. The van der Waals surface area contributed by atoms with E-state index in [0.29, 0.717) is 19.0 Å². The molecule has 1 aliphatic carbocycles. The smallest absolute Gasteiger partial charge is 0.337 e. The number of methoxy groups -OCH3 is 1. The van der Waals surface area contributed by atoms with E-state index < -0.39 is 11.8 Å². The van der Waals surface area contributed by atoms with E-state index in [1.807, 2.05) is 12.1 Å². The van der Waals surface area contributed by atoms with Crippen LogP contribution in [0.3, 0.4) is 0 Å². The maximum absolute atomic E-state index is 14.6. The van der Waals surface area contributed by atoms with Crippen LogP contribution in [0, 0.1) is 5.82 Å². The first-order chi connectivity index (χ1) is 14.1. The van der Waals surface area contributed by atoms with Gasteiger partial charge in [-0.3, -0.25) is 9.80 Å². The normalized spacial score (nSPS) is 17.7. The van der Waals surface area contributed by atoms with Crippen molar-refractivity contribution in [1.29, 1.82) is 0 Å². The number of carbonyl (C=O) groups excluding carboxylic acids is 2. The van der Waals surface area contributed by atoms with E-state index in [2.05, 4.69) is 16.9 Å². The molecule has 2 aromatic carbocycles. The molecule has 4 rings (SSSR count). The number of hydrogen-bond acceptors (Lipinski definition) is 3. The van der Waals surface area contributed by atoms with Gasteiger partial charge in [0.2, 0.25) is 0 Å². The third-order valence-corrected chi connectivity index (χ3v) is 5.93. The fourth-order valence-corrected chi connectivity index (χ4v) is 4.35. The molecule has 1 aliphatic heterocycles. The summed E-state index contributed by atoms with van der Waals surface area (Å²) in [6, 6.07) is 12.0. The second-order valence-electron chi connectivity index (χ2n) is 7.67. The zero-order chi connectivity index (χ0) is 20.4. The van der Waals surface area contributed by atoms with Gasteiger partial charge >= 0.3 is 12.0 Å². The van der Waals surface area contributed by atoms with Crippen LogP contribution in [0.15, 0.2) is 42.5 Å². The van der Waals surface area contributed by atoms with Crippen molar-refractivity contribution in [3.63, 3.8) is 0 Å². The predicted molar refractivity (Wildman–Crippen MR) is 110 cm³/mol. The molecule has 0 unspecified atom stereocenters. The second-order valence-corrected chi connectivity index (χ2v) is 7.67. The standard InChI is InChI=1S/C23H25FN2O3/c1-29-22(27)18-10-11-21(20(24)15-18)26-13-12-25(23(26)28)19-9-5-8-17(14-19)16-6-3-2-4-7-16/h5,8-11,14-16H,2-4,6-7,12-13H2,1H3. The summed E-state index contributed by atoms with van der Waals surface area (Å²) in [6.45, 7) is 0.881. The number of amides is 2. The lowest BCUT2D eigenvalue weighted by Gasteiger charge is -2.24. The van der Waals surface area contributed by atoms with Gasteiger partial charge in [-0.05, 0) is 54.7 Å². The molecule has 1 saturated carbocycles. The zero-order valence-electron chi connectivity index (χ0n) is 16.6. The molecule has 2 aliphatic rings. The average molecular weight is 396 g/mol. The Hall–Kier alpha value is -2.89. The van der Waals surface area contributed by atoms with Crippen molar-refractivity contribution in [1.82, 2.24) is 0 Å². The van der Waals surface area contributed by atoms with Gasteiger partial charge in [0.05, 0.1) is 18.4 Å². The van der Waals surface area contributed by atoms with Gasteiger partial charge in [0.25, 0.3) is 0 Å². The van der Waals surface area contributed by atoms with Crippen molar-refractivity contribution in [3.8, 4) is 0 Å². The third-order valence-electron chi connectivity index (χ3n) is 5.93. The summed E-state index contributed by atoms with van der Waals surface area (Å²) >= 11 is 0. The molecular formula is C23H25FN2O3. The molecule has 0 atom stereocenters. The molecule has 0 radical (unpaired) electrons. The summed E-state index contributed by atoms with van der Waals surface area (Å²) in [5, 5.41) is 0. The Kier molecular flexibility index (Phi) is 5.51. The summed E-state index contributed by atoms with van der Waals surface area (Å²) in [6.07, 6.45) is 6.21. The maximum atomic E-state index is 14.6. The van der Waals surface area contributed by atoms with Gasteiger partial charge in [-0.1, -0.05) is 31.4 Å². The topological polar surface area (TPSA) is 49.9 Å². The molecule has 5 nitrogen and oxygen atoms in total. The van der Waals surface area contributed by atoms with Gasteiger partial charge < -0.3 is 4.74 Å². The monoisotopic (exact) mass is 396 g/mol. The third kappa shape index (κ3) is 3.84. The maximum Gasteiger partial charge on any atom is 0.337 e. The van der Waals surface area contributed by atoms with Crippen LogP contribution in [0.2, 0.25) is 0 Å². The highest BCUT2D eigenvalue weighted by Crippen LogP contribution is 2.35. The van der Waals surface area contributed by atoms with Crippen LogP contribution in [0.5, 0.6) is 0 Å². The van der Waals surface area contributed by atoms with E-state index in [-0.39, 0.29) is 17.3 Å². The Morgan fingerprint density at radius 1 is 1.03 bits per heavy atom. The SMILES string of the molecule is COC(=O)c1ccc(N2CCN(c3cccc(C4CCCCC4)c3)C2=O)c(F)c1. The van der Waals surface area contributed by atoms with E-state index >= 15 is 0 Å². The Morgan fingerprint density at radius 3 is 2.52 bits per heavy atom. The van der Waals surface area contributed by atoms with Gasteiger partial charge in [-0.25, -0.2) is 14.0 Å². The van der Waals surface area contributed by atoms with E-state index in [0.717, 1.165) is 11.8 Å². The molecule has 1 heterocycles. The minimum Gasteiger partial charge on any atom is -0.465 e. The minimum absolute atomic E-state index is 0.123. The Bertz CT molecular complexity index is 924. The lowest BCUT2D eigenvalue weighted by atomic mass is 9.84. The number of halogens is 1. The van der Waals surface area contributed by atoms with E-state index in [9.17, 15) is 14.0 Å². The van der Waals surface area contributed by atoms with Crippen molar-refractivity contribution in [3.05, 3.63) is 59.4 Å². The minimum atomic E-state index is -0.612. The molecule has 0 N–H and O–H groups in total. The lowest BCUT2D eigenvalue weighted by Crippen LogP contribution is -2.32. The molecule has 0 aromatic heterocycles. The molecule has 6 heteroatoms. The highest BCUT2D eigenvalue weighted by molar-refractivity contribution is 6.06. The lowest BCUT2D eigenvalue weighted by molar-refractivity contribution is 0.0600. The van der Waals surface area contributed by atoms with Crippen LogP contribution in [0.4, 0.5) is 20.6 Å². The molecule has 2 amide bonds. The van der Waals surface area contributed by atoms with E-state index in [1.165, 1.54) is 61.8 Å². The number of nitrogens with zero attached hydrogens (tertiary/aromatic N) is 2. The number of ether oxygens (including phenoxy) is 1. The fourth-order valence-electron chi connectivity index (χ4n) is 4.35. The highest BCUT2D eigenvalue weighted by Gasteiger charge is 2.32. The van der Waals surface area contributed by atoms with Gasteiger partial charge in [-0.2, -0.15) is 0 Å². The number of anilines is 2. The summed E-state index contributed by atoms with van der Waals surface area (Å²) in [7, 11) is 1.25. The van der Waals surface area contributed by atoms with Crippen LogP contribution in [0.1, 0.15) is 53.9 Å². The van der Waals surface area contributed by atoms with Gasteiger partial charge in [0.15, 0.2) is 0 Å². The molecule has 2 aromatic rings. The summed E-state index contributed by atoms with van der Waals surface area (Å²) < 4.78 is 19.2. The number of rotatable bonds is 4. The first-order valence-electron chi connectivity index (χ1n) is 10.2. The van der Waals surface area contributed by atoms with Crippen LogP contribution in [-0.4, -0.2) is 32.2 Å². The molecule has 0 bridgehead atoms. The number of benzene rings is 2. The van der Waals surface area contributed by atoms with E-state index in [1.54, 1.807) is 4.90 Å². The summed E-state index contributed by atoms with van der Waals surface area (Å²) in [5.74, 6) is -0.663. The largest absolute Gasteiger partial charge is 0.465 e. The van der Waals surface area contributed by atoms with Crippen LogP contribution in [-0.2, 0) is 4.74 Å². The van der Waals surface area contributed by atoms with Crippen molar-refractivity contribution >= 4 is 23.4 Å². The van der Waals surface area contributed by atoms with Gasteiger partial charge in [0, 0.05) is 18.8 Å². The second kappa shape index (κ2) is 8.23. The van der Waals surface area contributed by atoms with Crippen LogP contribution >= 0.6 is 0 Å². The summed E-state index contributed by atoms with van der Waals surface area (Å²) in [5.41, 5.74) is 2.43. The highest BCUT2D eigenvalue weighted by atomic mass is 19.1. The van der Waals surface area contributed by atoms with Gasteiger partial charge in [-0.15, -0.1) is 0 Å². The fraction of sp³-hybridized carbons (Fsp3) is 0.391. The summed E-state index contributed by atoms with van der Waals surface area (Å²) in [4.78, 5) is 27.7. The average Bonchev–Trinajstić information content (AvgIpc) is 3.15. The predicted octanol–water partition coefficient (Wildman–Crippen LogP) is 5.11. The quantitative estimate of drug-likeness (QED) is 0.675. The van der Waals surface area contributed by atoms with Gasteiger partial charge in [0.1, 0.15) is 5.82 Å². The molecule has 152 valence electrons. The molecule has 0 spiro atoms. The van der Waals surface area contributed by atoms with Crippen LogP contribution in [0.25, 0.3) is 0 Å². The van der Waals surface area contributed by atoms with Crippen LogP contribution < -0.4 is 9.80 Å². The first-order valence-corrected chi connectivity index (χ1v) is 10.2. The Balaban J connectivity index is 1.54. The van der Waals surface area contributed by atoms with Crippen molar-refractivity contribution in [2.24, 2.45) is 0 Å². The molecule has 1 saturated heterocycles. The molecule has 29 heavy (non-hydrogen) atoms. The van der Waals surface area contributed by atoms with Crippen molar-refractivity contribution in [2.45, 2.75) is 38.0 Å². The Labute approximate surface area is 170 Å². The zero-order valence-corrected chi connectivity index (χ0v) is 16.6. The van der Waals surface area contributed by atoms with E-state index in [4.69, 9.17) is 0 Å². The number of urea groups is 1. The van der Waals surface area contributed by atoms with Crippen molar-refractivity contribution < 1.29 is 18.7 Å². The number of carbonyl (C=O) groups is 2.